The van der Waals surface area contributed by atoms with Gasteiger partial charge in [-0.15, -0.1) is 0 Å². The number of aliphatic hydroxyl groups is 2. The van der Waals surface area contributed by atoms with Crippen LogP contribution < -0.4 is 14.8 Å². The Hall–Kier alpha value is -2.80. The molecule has 0 radical (unpaired) electrons. The number of halogens is 2. The average Bonchev–Trinajstić information content (AvgIpc) is 3.40. The van der Waals surface area contributed by atoms with Crippen molar-refractivity contribution in [3.8, 4) is 11.6 Å². The summed E-state index contributed by atoms with van der Waals surface area (Å²) < 4.78 is 33.7. The summed E-state index contributed by atoms with van der Waals surface area (Å²) in [6, 6.07) is -0.629. The van der Waals surface area contributed by atoms with Crippen molar-refractivity contribution >= 4 is 27.5 Å². The Bertz CT molecular complexity index is 1520. The molecule has 45 heavy (non-hydrogen) atoms. The van der Waals surface area contributed by atoms with Crippen LogP contribution in [0.15, 0.2) is 20.3 Å². The molecule has 1 aromatic heterocycles. The maximum Gasteiger partial charge on any atom is 0.265 e. The zero-order chi connectivity index (χ0) is 32.8. The molecule has 246 valence electrons. The van der Waals surface area contributed by atoms with Crippen molar-refractivity contribution in [1.29, 1.82) is 0 Å². The molecule has 3 aliphatic rings. The van der Waals surface area contributed by atoms with E-state index in [4.69, 9.17) is 14.0 Å². The molecule has 12 heteroatoms. The highest BCUT2D eigenvalue weighted by Crippen LogP contribution is 2.57. The van der Waals surface area contributed by atoms with Crippen molar-refractivity contribution in [2.24, 2.45) is 11.8 Å². The number of unbranched alkanes of at least 4 members (excludes halogenated alkanes) is 2. The van der Waals surface area contributed by atoms with E-state index in [1.807, 2.05) is 27.7 Å². The molecular formula is C33H43BrFN3O7. The van der Waals surface area contributed by atoms with Gasteiger partial charge in [-0.05, 0) is 72.3 Å². The number of nitrogens with zero attached hydrogens (tertiary/aromatic N) is 2. The molecule has 10 nitrogen and oxygen atoms in total. The monoisotopic (exact) mass is 691 g/mol. The number of fused-ring (bicyclic) bond motifs is 4. The predicted molar refractivity (Wildman–Crippen MR) is 168 cm³/mol. The Morgan fingerprint density at radius 1 is 1.16 bits per heavy atom. The van der Waals surface area contributed by atoms with Crippen LogP contribution in [-0.2, 0) is 13.0 Å². The van der Waals surface area contributed by atoms with Gasteiger partial charge >= 0.3 is 0 Å². The van der Waals surface area contributed by atoms with E-state index in [1.54, 1.807) is 19.0 Å². The second kappa shape index (κ2) is 13.1. The zero-order valence-electron chi connectivity index (χ0n) is 26.8. The van der Waals surface area contributed by atoms with Gasteiger partial charge in [0, 0.05) is 29.6 Å². The standard InChI is InChI=1S/C33H43BrFN3O7/c1-7-9-11-43-28-19(15-36-16(3)4)25(35)24(34)18-13-17-14-20-26(38(5)6)29-23(32(37-45-29)44-12-10-8-2)31(41)33(20,42)30(40)21(17)27(39)22(18)28/h16-17,20,26,36,40,42H,7-15H2,1-6H3/t17-,20-,26-,33-/m0/s1. The minimum atomic E-state index is -2.43. The fourth-order valence-electron chi connectivity index (χ4n) is 6.88. The molecule has 3 N–H and O–H groups in total. The van der Waals surface area contributed by atoms with E-state index in [0.717, 1.165) is 19.3 Å². The number of Topliss-reactive ketones (excluding diaryl/α,β-unsaturated/α-hetero) is 2. The number of carbonyl (C=O) groups excluding carboxylic acids is 2. The summed E-state index contributed by atoms with van der Waals surface area (Å²) in [5.41, 5.74) is -1.73. The second-order valence-corrected chi connectivity index (χ2v) is 13.6. The molecule has 0 saturated heterocycles. The lowest BCUT2D eigenvalue weighted by molar-refractivity contribution is -0.0559. The van der Waals surface area contributed by atoms with Gasteiger partial charge in [-0.25, -0.2) is 4.39 Å². The van der Waals surface area contributed by atoms with E-state index in [1.165, 1.54) is 0 Å². The molecule has 2 aromatic rings. The van der Waals surface area contributed by atoms with E-state index >= 15 is 4.39 Å². The molecule has 0 amide bonds. The van der Waals surface area contributed by atoms with Crippen LogP contribution in [0.5, 0.6) is 11.6 Å². The lowest BCUT2D eigenvalue weighted by Gasteiger charge is -2.49. The fourth-order valence-corrected chi connectivity index (χ4v) is 7.47. The normalized spacial score (nSPS) is 24.1. The van der Waals surface area contributed by atoms with Crippen molar-refractivity contribution in [2.75, 3.05) is 27.3 Å². The minimum absolute atomic E-state index is 0.0340. The van der Waals surface area contributed by atoms with E-state index in [0.29, 0.717) is 18.6 Å². The summed E-state index contributed by atoms with van der Waals surface area (Å²) in [5.74, 6) is -3.78. The van der Waals surface area contributed by atoms with E-state index in [9.17, 15) is 19.8 Å². The van der Waals surface area contributed by atoms with Crippen molar-refractivity contribution in [3.63, 3.8) is 0 Å². The van der Waals surface area contributed by atoms with Gasteiger partial charge in [0.05, 0.1) is 29.3 Å². The maximum absolute atomic E-state index is 16.0. The Morgan fingerprint density at radius 2 is 1.82 bits per heavy atom. The lowest BCUT2D eigenvalue weighted by Crippen LogP contribution is -2.59. The second-order valence-electron chi connectivity index (χ2n) is 12.8. The molecule has 0 fully saturated rings. The van der Waals surface area contributed by atoms with Crippen LogP contribution in [0.25, 0.3) is 0 Å². The molecule has 1 heterocycles. The lowest BCUT2D eigenvalue weighted by atomic mass is 9.58. The highest BCUT2D eigenvalue weighted by Gasteiger charge is 2.64. The smallest absolute Gasteiger partial charge is 0.265 e. The van der Waals surface area contributed by atoms with Crippen LogP contribution in [0.4, 0.5) is 4.39 Å². The quantitative estimate of drug-likeness (QED) is 0.233. The molecule has 5 rings (SSSR count). The largest absolute Gasteiger partial charge is 0.508 e. The van der Waals surface area contributed by atoms with Gasteiger partial charge in [0.1, 0.15) is 22.9 Å². The summed E-state index contributed by atoms with van der Waals surface area (Å²) >= 11 is 3.43. The number of allylic oxidation sites excluding steroid dienone is 1. The van der Waals surface area contributed by atoms with Gasteiger partial charge in [-0.2, -0.15) is 0 Å². The highest BCUT2D eigenvalue weighted by atomic mass is 79.9. The molecule has 0 saturated carbocycles. The molecular weight excluding hydrogens is 649 g/mol. The Morgan fingerprint density at radius 3 is 2.44 bits per heavy atom. The zero-order valence-corrected chi connectivity index (χ0v) is 28.3. The number of rotatable bonds is 12. The van der Waals surface area contributed by atoms with Gasteiger partial charge < -0.3 is 29.5 Å². The molecule has 4 atom stereocenters. The number of ketones is 2. The van der Waals surface area contributed by atoms with Crippen molar-refractivity contribution in [3.05, 3.63) is 49.6 Å². The maximum atomic E-state index is 16.0. The van der Waals surface area contributed by atoms with Gasteiger partial charge in [-0.3, -0.25) is 14.5 Å². The summed E-state index contributed by atoms with van der Waals surface area (Å²) in [6.45, 7) is 8.55. The number of benzene rings is 1. The Kier molecular flexibility index (Phi) is 9.79. The van der Waals surface area contributed by atoms with Crippen LogP contribution in [-0.4, -0.2) is 70.8 Å². The number of aromatic nitrogens is 1. The first-order chi connectivity index (χ1) is 21.4. The first kappa shape index (κ1) is 33.6. The average molecular weight is 693 g/mol. The summed E-state index contributed by atoms with van der Waals surface area (Å²) in [4.78, 5) is 30.5. The van der Waals surface area contributed by atoms with Gasteiger partial charge in [-0.1, -0.05) is 40.5 Å². The van der Waals surface area contributed by atoms with Gasteiger partial charge in [0.15, 0.2) is 17.1 Å². The van der Waals surface area contributed by atoms with E-state index in [-0.39, 0.29) is 76.2 Å². The van der Waals surface area contributed by atoms with Gasteiger partial charge in [0.2, 0.25) is 5.78 Å². The van der Waals surface area contributed by atoms with E-state index < -0.39 is 46.6 Å². The van der Waals surface area contributed by atoms with Crippen LogP contribution in [0.3, 0.4) is 0 Å². The van der Waals surface area contributed by atoms with Crippen LogP contribution in [0.2, 0.25) is 0 Å². The van der Waals surface area contributed by atoms with Crippen LogP contribution in [0, 0.1) is 17.7 Å². The SMILES string of the molecule is CCCCOc1noc2c1C(=O)[C@@]1(O)C(O)=C3C(=O)c4c(c(Br)c(F)c(CNC(C)C)c4OCCCC)C[C@H]3C[C@H]1[C@@H]2N(C)C. The third-order valence-corrected chi connectivity index (χ3v) is 10.0. The van der Waals surface area contributed by atoms with Crippen LogP contribution >= 0.6 is 15.9 Å². The molecule has 0 aliphatic heterocycles. The number of carbonyl (C=O) groups is 2. The van der Waals surface area contributed by atoms with Gasteiger partial charge in [0.25, 0.3) is 5.88 Å². The number of hydrogen-bond donors (Lipinski definition) is 3. The van der Waals surface area contributed by atoms with Crippen molar-refractivity contribution < 1.29 is 38.2 Å². The third-order valence-electron chi connectivity index (χ3n) is 9.18. The third kappa shape index (κ3) is 5.51. The fraction of sp³-hybridized carbons (Fsp3) is 0.606. The Labute approximate surface area is 271 Å². The number of ether oxygens (including phenoxy) is 2. The number of hydrogen-bond acceptors (Lipinski definition) is 10. The highest BCUT2D eigenvalue weighted by molar-refractivity contribution is 9.10. The topological polar surface area (TPSA) is 134 Å². The Balaban J connectivity index is 1.67. The van der Waals surface area contributed by atoms with Crippen LogP contribution in [0.1, 0.15) is 103 Å². The van der Waals surface area contributed by atoms with E-state index in [2.05, 4.69) is 26.4 Å². The summed E-state index contributed by atoms with van der Waals surface area (Å²) in [5, 5.41) is 31.4. The minimum Gasteiger partial charge on any atom is -0.508 e. The number of aliphatic hydroxyl groups excluding tert-OH is 1. The molecule has 0 spiro atoms. The number of nitrogens with one attached hydrogen (secondary N) is 1. The first-order valence-electron chi connectivity index (χ1n) is 15.8. The molecule has 3 aliphatic carbocycles. The predicted octanol–water partition coefficient (Wildman–Crippen LogP) is 5.85. The molecule has 0 bridgehead atoms. The van der Waals surface area contributed by atoms with Crippen molar-refractivity contribution in [1.82, 2.24) is 15.4 Å². The first-order valence-corrected chi connectivity index (χ1v) is 16.6. The molecule has 0 unspecified atom stereocenters. The summed E-state index contributed by atoms with van der Waals surface area (Å²) in [6.07, 6.45) is 3.45. The molecule has 1 aromatic carbocycles. The summed E-state index contributed by atoms with van der Waals surface area (Å²) in [7, 11) is 3.56. The van der Waals surface area contributed by atoms with Crippen molar-refractivity contribution in [2.45, 2.75) is 90.4 Å².